The molecule has 152 valence electrons. The molecule has 1 aliphatic heterocycles. The van der Waals surface area contributed by atoms with Crippen LogP contribution < -0.4 is 10.5 Å². The van der Waals surface area contributed by atoms with Gasteiger partial charge in [-0.3, -0.25) is 14.2 Å². The van der Waals surface area contributed by atoms with Crippen LogP contribution in [0.2, 0.25) is 0 Å². The van der Waals surface area contributed by atoms with Crippen molar-refractivity contribution in [3.63, 3.8) is 0 Å². The molecule has 0 aliphatic carbocycles. The normalized spacial score (nSPS) is 14.6. The predicted octanol–water partition coefficient (Wildman–Crippen LogP) is 2.92. The molecule has 29 heavy (non-hydrogen) atoms. The van der Waals surface area contributed by atoms with Gasteiger partial charge in [0.05, 0.1) is 16.6 Å². The number of thiophene rings is 1. The van der Waals surface area contributed by atoms with Gasteiger partial charge in [-0.1, -0.05) is 19.4 Å². The Labute approximate surface area is 173 Å². The molecule has 0 atom stereocenters. The van der Waals surface area contributed by atoms with E-state index in [1.54, 1.807) is 17.1 Å². The molecular formula is C21H25N5O2S. The third kappa shape index (κ3) is 3.76. The van der Waals surface area contributed by atoms with Gasteiger partial charge < -0.3 is 9.80 Å². The fourth-order valence-electron chi connectivity index (χ4n) is 3.67. The number of amides is 1. The number of hydrogen-bond acceptors (Lipinski definition) is 6. The van der Waals surface area contributed by atoms with Crippen molar-refractivity contribution >= 4 is 33.3 Å². The SMILES string of the molecule is CCCCn1cnc2sc(C(=O)N3CCN(c4ccccn4)CC3)c(C)c2c1=O. The standard InChI is InChI=1S/C21H25N5O2S/c1-3-4-9-26-14-23-19-17(20(26)27)15(2)18(29-19)21(28)25-12-10-24(11-13-25)16-7-5-6-8-22-16/h5-8,14H,3-4,9-13H2,1-2H3. The molecule has 4 rings (SSSR count). The zero-order valence-electron chi connectivity index (χ0n) is 16.8. The van der Waals surface area contributed by atoms with Gasteiger partial charge >= 0.3 is 0 Å². The Morgan fingerprint density at radius 2 is 1.97 bits per heavy atom. The van der Waals surface area contributed by atoms with Crippen molar-refractivity contribution in [3.05, 3.63) is 51.5 Å². The van der Waals surface area contributed by atoms with E-state index in [-0.39, 0.29) is 11.5 Å². The number of aromatic nitrogens is 3. The van der Waals surface area contributed by atoms with E-state index in [0.717, 1.165) is 37.3 Å². The number of nitrogens with zero attached hydrogens (tertiary/aromatic N) is 5. The summed E-state index contributed by atoms with van der Waals surface area (Å²) in [5, 5.41) is 0.587. The molecule has 1 aliphatic rings. The van der Waals surface area contributed by atoms with Gasteiger partial charge in [0.25, 0.3) is 11.5 Å². The highest BCUT2D eigenvalue weighted by atomic mass is 32.1. The molecule has 0 bridgehead atoms. The van der Waals surface area contributed by atoms with Crippen LogP contribution >= 0.6 is 11.3 Å². The number of unbranched alkanes of at least 4 members (excludes halogenated alkanes) is 1. The molecule has 0 saturated carbocycles. The van der Waals surface area contributed by atoms with Crippen molar-refractivity contribution in [2.75, 3.05) is 31.1 Å². The lowest BCUT2D eigenvalue weighted by Crippen LogP contribution is -2.49. The zero-order valence-corrected chi connectivity index (χ0v) is 17.6. The molecule has 8 heteroatoms. The maximum absolute atomic E-state index is 13.2. The van der Waals surface area contributed by atoms with Crippen molar-refractivity contribution in [2.24, 2.45) is 0 Å². The quantitative estimate of drug-likeness (QED) is 0.646. The van der Waals surface area contributed by atoms with Gasteiger partial charge in [-0.05, 0) is 31.0 Å². The molecule has 0 spiro atoms. The van der Waals surface area contributed by atoms with Crippen LogP contribution in [0.3, 0.4) is 0 Å². The molecule has 1 saturated heterocycles. The number of carbonyl (C=O) groups is 1. The summed E-state index contributed by atoms with van der Waals surface area (Å²) < 4.78 is 1.66. The van der Waals surface area contributed by atoms with Gasteiger partial charge in [0, 0.05) is 38.9 Å². The van der Waals surface area contributed by atoms with Gasteiger partial charge in [-0.15, -0.1) is 11.3 Å². The van der Waals surface area contributed by atoms with Gasteiger partial charge in [0.2, 0.25) is 0 Å². The lowest BCUT2D eigenvalue weighted by Gasteiger charge is -2.35. The van der Waals surface area contributed by atoms with Gasteiger partial charge in [-0.2, -0.15) is 0 Å². The molecule has 0 aromatic carbocycles. The molecule has 1 fully saturated rings. The van der Waals surface area contributed by atoms with E-state index in [0.29, 0.717) is 34.7 Å². The largest absolute Gasteiger partial charge is 0.353 e. The predicted molar refractivity (Wildman–Crippen MR) is 116 cm³/mol. The van der Waals surface area contributed by atoms with Gasteiger partial charge in [0.1, 0.15) is 10.6 Å². The summed E-state index contributed by atoms with van der Waals surface area (Å²) in [6, 6.07) is 5.86. The monoisotopic (exact) mass is 411 g/mol. The molecule has 7 nitrogen and oxygen atoms in total. The number of fused-ring (bicyclic) bond motifs is 1. The minimum absolute atomic E-state index is 0.00863. The van der Waals surface area contributed by atoms with Crippen molar-refractivity contribution < 1.29 is 4.79 Å². The fraction of sp³-hybridized carbons (Fsp3) is 0.429. The maximum Gasteiger partial charge on any atom is 0.264 e. The van der Waals surface area contributed by atoms with E-state index in [4.69, 9.17) is 0 Å². The molecule has 4 heterocycles. The highest BCUT2D eigenvalue weighted by molar-refractivity contribution is 7.20. The first-order chi connectivity index (χ1) is 14.1. The summed E-state index contributed by atoms with van der Waals surface area (Å²) in [4.78, 5) is 40.2. The van der Waals surface area contributed by atoms with Crippen LogP contribution in [0.4, 0.5) is 5.82 Å². The second-order valence-electron chi connectivity index (χ2n) is 7.30. The minimum Gasteiger partial charge on any atom is -0.353 e. The Bertz CT molecular complexity index is 1070. The summed E-state index contributed by atoms with van der Waals surface area (Å²) >= 11 is 1.33. The Hall–Kier alpha value is -2.74. The summed E-state index contributed by atoms with van der Waals surface area (Å²) in [5.41, 5.74) is 0.710. The van der Waals surface area contributed by atoms with Crippen LogP contribution in [0.5, 0.6) is 0 Å². The molecule has 0 N–H and O–H groups in total. The first-order valence-corrected chi connectivity index (χ1v) is 10.9. The summed E-state index contributed by atoms with van der Waals surface area (Å²) in [5.74, 6) is 0.931. The number of pyridine rings is 1. The lowest BCUT2D eigenvalue weighted by molar-refractivity contribution is 0.0751. The highest BCUT2D eigenvalue weighted by Crippen LogP contribution is 2.28. The number of rotatable bonds is 5. The van der Waals surface area contributed by atoms with E-state index in [9.17, 15) is 9.59 Å². The Morgan fingerprint density at radius 3 is 2.66 bits per heavy atom. The lowest BCUT2D eigenvalue weighted by atomic mass is 10.2. The van der Waals surface area contributed by atoms with Crippen LogP contribution in [0.1, 0.15) is 35.0 Å². The molecule has 0 radical (unpaired) electrons. The first kappa shape index (κ1) is 19.6. The maximum atomic E-state index is 13.2. The first-order valence-electron chi connectivity index (χ1n) is 10.0. The van der Waals surface area contributed by atoms with Crippen LogP contribution in [0.15, 0.2) is 35.5 Å². The number of aryl methyl sites for hydroxylation is 2. The summed E-state index contributed by atoms with van der Waals surface area (Å²) in [6.07, 6.45) is 5.34. The number of anilines is 1. The third-order valence-corrected chi connectivity index (χ3v) is 6.59. The summed E-state index contributed by atoms with van der Waals surface area (Å²) in [6.45, 7) is 7.38. The van der Waals surface area contributed by atoms with E-state index in [1.165, 1.54) is 11.3 Å². The number of piperazine rings is 1. The van der Waals surface area contributed by atoms with E-state index < -0.39 is 0 Å². The molecule has 3 aromatic heterocycles. The van der Waals surface area contributed by atoms with Crippen molar-refractivity contribution in [2.45, 2.75) is 33.2 Å². The highest BCUT2D eigenvalue weighted by Gasteiger charge is 2.27. The molecule has 3 aromatic rings. The summed E-state index contributed by atoms with van der Waals surface area (Å²) in [7, 11) is 0. The second-order valence-corrected chi connectivity index (χ2v) is 8.30. The third-order valence-electron chi connectivity index (χ3n) is 5.40. The van der Waals surface area contributed by atoms with Crippen LogP contribution in [0, 0.1) is 6.92 Å². The van der Waals surface area contributed by atoms with Crippen LogP contribution in [-0.4, -0.2) is 51.5 Å². The Balaban J connectivity index is 1.54. The average molecular weight is 412 g/mol. The van der Waals surface area contributed by atoms with E-state index >= 15 is 0 Å². The van der Waals surface area contributed by atoms with Crippen LogP contribution in [-0.2, 0) is 6.54 Å². The zero-order chi connectivity index (χ0) is 20.4. The number of hydrogen-bond donors (Lipinski definition) is 0. The van der Waals surface area contributed by atoms with Crippen molar-refractivity contribution in [1.82, 2.24) is 19.4 Å². The minimum atomic E-state index is -0.0452. The number of carbonyl (C=O) groups excluding carboxylic acids is 1. The second kappa shape index (κ2) is 8.32. The van der Waals surface area contributed by atoms with Crippen molar-refractivity contribution in [1.29, 1.82) is 0 Å². The van der Waals surface area contributed by atoms with Crippen LogP contribution in [0.25, 0.3) is 10.2 Å². The van der Waals surface area contributed by atoms with Gasteiger partial charge in [-0.25, -0.2) is 9.97 Å². The Kier molecular flexibility index (Phi) is 5.62. The fourth-order valence-corrected chi connectivity index (χ4v) is 4.78. The van der Waals surface area contributed by atoms with Crippen molar-refractivity contribution in [3.8, 4) is 0 Å². The topological polar surface area (TPSA) is 71.3 Å². The Morgan fingerprint density at radius 1 is 1.17 bits per heavy atom. The van der Waals surface area contributed by atoms with Gasteiger partial charge in [0.15, 0.2) is 0 Å². The molecule has 0 unspecified atom stereocenters. The molecular weight excluding hydrogens is 386 g/mol. The average Bonchev–Trinajstić information content (AvgIpc) is 3.10. The molecule has 1 amide bonds. The smallest absolute Gasteiger partial charge is 0.264 e. The van der Waals surface area contributed by atoms with E-state index in [1.807, 2.05) is 30.0 Å². The van der Waals surface area contributed by atoms with E-state index in [2.05, 4.69) is 21.8 Å².